The summed E-state index contributed by atoms with van der Waals surface area (Å²) in [6.07, 6.45) is -19.0. The second-order valence-electron chi connectivity index (χ2n) is 2.19. The van der Waals surface area contributed by atoms with Crippen LogP contribution in [-0.4, -0.2) is 31.5 Å². The first-order valence-corrected chi connectivity index (χ1v) is 3.08. The van der Waals surface area contributed by atoms with E-state index in [9.17, 15) is 35.1 Å². The summed E-state index contributed by atoms with van der Waals surface area (Å²) in [5.74, 6) is 0. The minimum absolute atomic E-state index is 1.91. The second kappa shape index (κ2) is 4.28. The summed E-state index contributed by atoms with van der Waals surface area (Å²) < 4.78 is 95.1. The molecule has 0 aromatic rings. The molecule has 9 heteroatoms. The van der Waals surface area contributed by atoms with Gasteiger partial charge in [-0.1, -0.05) is 0 Å². The van der Waals surface area contributed by atoms with Gasteiger partial charge in [0.25, 0.3) is 6.43 Å². The molecule has 0 fully saturated rings. The Labute approximate surface area is 72.6 Å². The summed E-state index contributed by atoms with van der Waals surface area (Å²) in [6.45, 7) is -1.91. The van der Waals surface area contributed by atoms with E-state index in [0.29, 0.717) is 0 Å². The maximum atomic E-state index is 11.6. The molecule has 0 unspecified atom stereocenters. The number of hydrogen-bond donors (Lipinski definition) is 0. The summed E-state index contributed by atoms with van der Waals surface area (Å²) >= 11 is 0. The van der Waals surface area contributed by atoms with Crippen LogP contribution in [0.4, 0.5) is 35.1 Å². The molecule has 1 nitrogen and oxygen atoms in total. The van der Waals surface area contributed by atoms with Gasteiger partial charge in [-0.3, -0.25) is 0 Å². The maximum Gasteiger partial charge on any atom is 0.423 e. The van der Waals surface area contributed by atoms with Crippen LogP contribution in [-0.2, 0) is 4.74 Å². The zero-order valence-corrected chi connectivity index (χ0v) is 6.29. The molecule has 0 atom stereocenters. The van der Waals surface area contributed by atoms with Crippen molar-refractivity contribution in [2.75, 3.05) is 6.61 Å². The van der Waals surface area contributed by atoms with E-state index in [4.69, 9.17) is 0 Å². The molecule has 86 valence electrons. The minimum Gasteiger partial charge on any atom is -0.355 e. The van der Waals surface area contributed by atoms with Gasteiger partial charge in [0.1, 0.15) is 6.61 Å². The molecule has 0 aromatic heterocycles. The fraction of sp³-hybridized carbons (Fsp3) is 1.00. The molecule has 0 spiro atoms. The van der Waals surface area contributed by atoms with Crippen LogP contribution in [0.3, 0.4) is 0 Å². The van der Waals surface area contributed by atoms with E-state index in [1.807, 2.05) is 0 Å². The van der Waals surface area contributed by atoms with Gasteiger partial charge in [-0.25, -0.2) is 8.78 Å². The highest BCUT2D eigenvalue weighted by Gasteiger charge is 2.58. The van der Waals surface area contributed by atoms with Crippen LogP contribution >= 0.6 is 0 Å². The minimum atomic E-state index is -5.74. The van der Waals surface area contributed by atoms with E-state index in [1.165, 1.54) is 0 Å². The van der Waals surface area contributed by atoms with Gasteiger partial charge in [-0.05, 0) is 0 Å². The van der Waals surface area contributed by atoms with Crippen LogP contribution < -0.4 is 0 Å². The van der Waals surface area contributed by atoms with Crippen molar-refractivity contribution in [3.63, 3.8) is 0 Å². The van der Waals surface area contributed by atoms with E-state index in [0.717, 1.165) is 0 Å². The highest BCUT2D eigenvalue weighted by molar-refractivity contribution is 4.75. The van der Waals surface area contributed by atoms with Crippen LogP contribution in [0.15, 0.2) is 0 Å². The van der Waals surface area contributed by atoms with Crippen LogP contribution in [0.25, 0.3) is 0 Å². The molecule has 0 aliphatic carbocycles. The highest BCUT2D eigenvalue weighted by atomic mass is 19.4. The molecule has 0 N–H and O–H groups in total. The lowest BCUT2D eigenvalue weighted by atomic mass is 10.3. The molecule has 0 rings (SSSR count). The average Bonchev–Trinajstić information content (AvgIpc) is 1.78. The summed E-state index contributed by atoms with van der Waals surface area (Å²) in [6, 6.07) is 0. The zero-order chi connectivity index (χ0) is 11.6. The molecule has 0 saturated carbocycles. The van der Waals surface area contributed by atoms with Crippen LogP contribution in [0.1, 0.15) is 0 Å². The zero-order valence-electron chi connectivity index (χ0n) is 6.29. The third-order valence-corrected chi connectivity index (χ3v) is 0.983. The van der Waals surface area contributed by atoms with Crippen molar-refractivity contribution in [1.82, 2.24) is 0 Å². The fourth-order valence-corrected chi connectivity index (χ4v) is 0.544. The van der Waals surface area contributed by atoms with Gasteiger partial charge < -0.3 is 4.74 Å². The van der Waals surface area contributed by atoms with E-state index in [-0.39, 0.29) is 0 Å². The lowest BCUT2D eigenvalue weighted by Gasteiger charge is -2.22. The Morgan fingerprint density at radius 1 is 0.857 bits per heavy atom. The number of hydrogen-bond acceptors (Lipinski definition) is 1. The third kappa shape index (κ3) is 4.58. The Morgan fingerprint density at radius 2 is 1.21 bits per heavy atom. The standard InChI is InChI=1S/C5H4F8O/c6-2(7)1-14-3(4(8,9)10)5(11,12)13/h2-3H,1H2. The number of halogens is 8. The summed E-state index contributed by atoms with van der Waals surface area (Å²) in [5.41, 5.74) is 0. The Morgan fingerprint density at radius 3 is 1.43 bits per heavy atom. The van der Waals surface area contributed by atoms with E-state index >= 15 is 0 Å². The molecular weight excluding hydrogens is 228 g/mol. The second-order valence-corrected chi connectivity index (χ2v) is 2.19. The van der Waals surface area contributed by atoms with Crippen molar-refractivity contribution in [3.8, 4) is 0 Å². The molecular formula is C5H4F8O. The molecule has 0 heterocycles. The molecule has 0 aliphatic heterocycles. The quantitative estimate of drug-likeness (QED) is 0.680. The topological polar surface area (TPSA) is 9.23 Å². The van der Waals surface area contributed by atoms with Crippen molar-refractivity contribution in [3.05, 3.63) is 0 Å². The van der Waals surface area contributed by atoms with Crippen molar-refractivity contribution >= 4 is 0 Å². The number of rotatable bonds is 3. The predicted molar refractivity (Wildman–Crippen MR) is 27.9 cm³/mol. The van der Waals surface area contributed by atoms with E-state index in [2.05, 4.69) is 4.74 Å². The first-order valence-electron chi connectivity index (χ1n) is 3.08. The molecule has 0 amide bonds. The van der Waals surface area contributed by atoms with Crippen molar-refractivity contribution in [2.45, 2.75) is 24.9 Å². The van der Waals surface area contributed by atoms with Gasteiger partial charge in [0.05, 0.1) is 0 Å². The van der Waals surface area contributed by atoms with Gasteiger partial charge in [0.2, 0.25) is 6.10 Å². The first kappa shape index (κ1) is 13.4. The predicted octanol–water partition coefficient (Wildman–Crippen LogP) is 2.76. The monoisotopic (exact) mass is 232 g/mol. The first-order chi connectivity index (χ1) is 6.05. The van der Waals surface area contributed by atoms with Crippen molar-refractivity contribution in [1.29, 1.82) is 0 Å². The number of alkyl halides is 8. The van der Waals surface area contributed by atoms with Crippen molar-refractivity contribution in [2.24, 2.45) is 0 Å². The molecule has 0 radical (unpaired) electrons. The summed E-state index contributed by atoms with van der Waals surface area (Å²) in [7, 11) is 0. The summed E-state index contributed by atoms with van der Waals surface area (Å²) in [4.78, 5) is 0. The Bertz CT molecular complexity index is 156. The Balaban J connectivity index is 4.44. The number of ether oxygens (including phenoxy) is 1. The van der Waals surface area contributed by atoms with Gasteiger partial charge in [-0.2, -0.15) is 26.3 Å². The molecule has 0 bridgehead atoms. The van der Waals surface area contributed by atoms with Crippen LogP contribution in [0.5, 0.6) is 0 Å². The van der Waals surface area contributed by atoms with Gasteiger partial charge in [-0.15, -0.1) is 0 Å². The van der Waals surface area contributed by atoms with E-state index < -0.39 is 31.5 Å². The largest absolute Gasteiger partial charge is 0.423 e. The van der Waals surface area contributed by atoms with Gasteiger partial charge in [0, 0.05) is 0 Å². The maximum absolute atomic E-state index is 11.6. The smallest absolute Gasteiger partial charge is 0.355 e. The lowest BCUT2D eigenvalue weighted by Crippen LogP contribution is -2.45. The lowest BCUT2D eigenvalue weighted by molar-refractivity contribution is -0.325. The SMILES string of the molecule is FC(F)COC(C(F)(F)F)C(F)(F)F. The Hall–Kier alpha value is -0.600. The molecule has 0 aromatic carbocycles. The molecule has 0 aliphatic rings. The average molecular weight is 232 g/mol. The molecule has 0 saturated heterocycles. The van der Waals surface area contributed by atoms with Gasteiger partial charge >= 0.3 is 12.4 Å². The molecule has 14 heavy (non-hydrogen) atoms. The summed E-state index contributed by atoms with van der Waals surface area (Å²) in [5, 5.41) is 0. The fourth-order valence-electron chi connectivity index (χ4n) is 0.544. The normalized spacial score (nSPS) is 14.1. The van der Waals surface area contributed by atoms with Crippen molar-refractivity contribution < 1.29 is 39.9 Å². The van der Waals surface area contributed by atoms with E-state index in [1.54, 1.807) is 0 Å². The highest BCUT2D eigenvalue weighted by Crippen LogP contribution is 2.35. The van der Waals surface area contributed by atoms with Gasteiger partial charge in [0.15, 0.2) is 0 Å². The van der Waals surface area contributed by atoms with Crippen LogP contribution in [0, 0.1) is 0 Å². The third-order valence-electron chi connectivity index (χ3n) is 0.983. The van der Waals surface area contributed by atoms with Crippen LogP contribution in [0.2, 0.25) is 0 Å². The Kier molecular flexibility index (Phi) is 4.10.